The van der Waals surface area contributed by atoms with Gasteiger partial charge < -0.3 is 14.6 Å². The Kier molecular flexibility index (Phi) is 3.48. The zero-order valence-corrected chi connectivity index (χ0v) is 13.7. The first-order valence-corrected chi connectivity index (χ1v) is 8.06. The molecule has 3 aliphatic rings. The van der Waals surface area contributed by atoms with E-state index in [4.69, 9.17) is 14.6 Å². The van der Waals surface area contributed by atoms with Crippen LogP contribution in [0, 0.1) is 11.8 Å². The number of rotatable bonds is 4. The largest absolute Gasteiger partial charge is 0.478 e. The quantitative estimate of drug-likeness (QED) is 0.481. The maximum absolute atomic E-state index is 13.0. The Morgan fingerprint density at radius 2 is 1.92 bits per heavy atom. The van der Waals surface area contributed by atoms with E-state index in [2.05, 4.69) is 0 Å². The molecule has 2 bridgehead atoms. The molecule has 0 spiro atoms. The van der Waals surface area contributed by atoms with Crippen molar-refractivity contribution in [2.45, 2.75) is 18.6 Å². The van der Waals surface area contributed by atoms with Crippen molar-refractivity contribution in [3.05, 3.63) is 42.0 Å². The van der Waals surface area contributed by atoms with Crippen LogP contribution < -0.4 is 4.90 Å². The van der Waals surface area contributed by atoms with Crippen LogP contribution in [0.4, 0.5) is 5.69 Å². The molecule has 0 saturated carbocycles. The average molecular weight is 357 g/mol. The molecule has 1 aromatic rings. The fourth-order valence-corrected chi connectivity index (χ4v) is 3.89. The van der Waals surface area contributed by atoms with Crippen LogP contribution in [0.1, 0.15) is 17.3 Å². The summed E-state index contributed by atoms with van der Waals surface area (Å²) < 4.78 is 10.9. The third kappa shape index (κ3) is 2.19. The molecule has 0 aliphatic carbocycles. The number of imide groups is 1. The highest BCUT2D eigenvalue weighted by atomic mass is 16.6. The van der Waals surface area contributed by atoms with Crippen molar-refractivity contribution < 1.29 is 33.8 Å². The van der Waals surface area contributed by atoms with E-state index >= 15 is 0 Å². The standard InChI is InChI=1S/C18H15NO7/c1-9(20)25-8-18-7-6-12(26-18)13-14(18)16(22)19(15(13)21)11-4-2-10(3-5-11)17(23)24/h2-7,12-14H,8H2,1H3,(H,23,24)/t12-,13+,14-,18-/m1/s1. The fraction of sp³-hybridized carbons (Fsp3) is 0.333. The lowest BCUT2D eigenvalue weighted by molar-refractivity contribution is -0.150. The Morgan fingerprint density at radius 3 is 2.54 bits per heavy atom. The summed E-state index contributed by atoms with van der Waals surface area (Å²) in [5, 5.41) is 8.98. The number of hydrogen-bond acceptors (Lipinski definition) is 6. The molecule has 8 nitrogen and oxygen atoms in total. The summed E-state index contributed by atoms with van der Waals surface area (Å²) in [5.41, 5.74) is -0.769. The lowest BCUT2D eigenvalue weighted by atomic mass is 9.77. The average Bonchev–Trinajstić information content (AvgIpc) is 3.24. The van der Waals surface area contributed by atoms with Crippen LogP contribution in [0.25, 0.3) is 0 Å². The minimum atomic E-state index is -1.14. The molecule has 4 rings (SSSR count). The first kappa shape index (κ1) is 16.5. The van der Waals surface area contributed by atoms with Gasteiger partial charge in [-0.15, -0.1) is 0 Å². The van der Waals surface area contributed by atoms with E-state index in [1.807, 2.05) is 0 Å². The van der Waals surface area contributed by atoms with E-state index in [1.165, 1.54) is 31.2 Å². The SMILES string of the molecule is CC(=O)OC[C@@]12C=C[C@@H](O1)[C@@H]1C(=O)N(c3ccc(C(=O)O)cc3)C(=O)[C@@H]12. The van der Waals surface area contributed by atoms with Crippen molar-refractivity contribution in [2.24, 2.45) is 11.8 Å². The van der Waals surface area contributed by atoms with Crippen LogP contribution in [0.5, 0.6) is 0 Å². The number of carboxylic acids is 1. The number of aromatic carboxylic acids is 1. The Labute approximate surface area is 148 Å². The van der Waals surface area contributed by atoms with Gasteiger partial charge in [0.2, 0.25) is 11.8 Å². The molecule has 4 atom stereocenters. The van der Waals surface area contributed by atoms with Crippen LogP contribution in [-0.4, -0.2) is 47.2 Å². The van der Waals surface area contributed by atoms with Crippen molar-refractivity contribution in [3.63, 3.8) is 0 Å². The summed E-state index contributed by atoms with van der Waals surface area (Å²) in [4.78, 5) is 49.0. The van der Waals surface area contributed by atoms with Gasteiger partial charge in [0.1, 0.15) is 12.2 Å². The van der Waals surface area contributed by atoms with E-state index in [9.17, 15) is 19.2 Å². The Bertz CT molecular complexity index is 859. The number of esters is 1. The van der Waals surface area contributed by atoms with Crippen LogP contribution in [0.2, 0.25) is 0 Å². The van der Waals surface area contributed by atoms with Crippen molar-refractivity contribution in [1.82, 2.24) is 0 Å². The number of benzene rings is 1. The lowest BCUT2D eigenvalue weighted by Gasteiger charge is -2.28. The number of carbonyl (C=O) groups excluding carboxylic acids is 3. The number of nitrogens with zero attached hydrogens (tertiary/aromatic N) is 1. The van der Waals surface area contributed by atoms with E-state index in [0.717, 1.165) is 4.90 Å². The second-order valence-corrected chi connectivity index (χ2v) is 6.54. The molecule has 26 heavy (non-hydrogen) atoms. The van der Waals surface area contributed by atoms with E-state index in [-0.39, 0.29) is 12.2 Å². The summed E-state index contributed by atoms with van der Waals surface area (Å²) in [7, 11) is 0. The van der Waals surface area contributed by atoms with Crippen LogP contribution >= 0.6 is 0 Å². The molecule has 0 unspecified atom stereocenters. The molecule has 1 N–H and O–H groups in total. The maximum atomic E-state index is 13.0. The zero-order valence-electron chi connectivity index (χ0n) is 13.7. The Balaban J connectivity index is 1.66. The Hall–Kier alpha value is -3.00. The predicted octanol–water partition coefficient (Wildman–Crippen LogP) is 0.761. The highest BCUT2D eigenvalue weighted by molar-refractivity contribution is 6.23. The van der Waals surface area contributed by atoms with Gasteiger partial charge in [0.15, 0.2) is 0 Å². The van der Waals surface area contributed by atoms with Gasteiger partial charge in [0.05, 0.1) is 29.2 Å². The molecule has 2 fully saturated rings. The zero-order chi connectivity index (χ0) is 18.6. The van der Waals surface area contributed by atoms with Gasteiger partial charge in [-0.1, -0.05) is 6.08 Å². The van der Waals surface area contributed by atoms with Gasteiger partial charge in [-0.3, -0.25) is 14.4 Å². The summed E-state index contributed by atoms with van der Waals surface area (Å²) in [6.45, 7) is 1.12. The molecule has 3 heterocycles. The third-order valence-corrected chi connectivity index (χ3v) is 5.03. The lowest BCUT2D eigenvalue weighted by Crippen LogP contribution is -2.44. The molecule has 0 aromatic heterocycles. The smallest absolute Gasteiger partial charge is 0.335 e. The molecule has 2 amide bonds. The number of hydrogen-bond donors (Lipinski definition) is 1. The molecule has 134 valence electrons. The molecule has 2 saturated heterocycles. The molecule has 1 aromatic carbocycles. The summed E-state index contributed by atoms with van der Waals surface area (Å²) in [6.07, 6.45) is 2.85. The highest BCUT2D eigenvalue weighted by Crippen LogP contribution is 2.52. The van der Waals surface area contributed by atoms with E-state index < -0.39 is 47.3 Å². The normalized spacial score (nSPS) is 31.4. The van der Waals surface area contributed by atoms with Crippen molar-refractivity contribution in [1.29, 1.82) is 0 Å². The topological polar surface area (TPSA) is 110 Å². The maximum Gasteiger partial charge on any atom is 0.335 e. The molecular formula is C18H15NO7. The number of amides is 2. The van der Waals surface area contributed by atoms with Crippen LogP contribution in [0.15, 0.2) is 36.4 Å². The minimum Gasteiger partial charge on any atom is -0.478 e. The summed E-state index contributed by atoms with van der Waals surface area (Å²) in [6, 6.07) is 5.53. The van der Waals surface area contributed by atoms with Crippen molar-refractivity contribution >= 4 is 29.4 Å². The second-order valence-electron chi connectivity index (χ2n) is 6.54. The molecule has 8 heteroatoms. The summed E-state index contributed by atoms with van der Waals surface area (Å²) in [5.74, 6) is -3.89. The predicted molar refractivity (Wildman–Crippen MR) is 86.3 cm³/mol. The number of carbonyl (C=O) groups is 4. The van der Waals surface area contributed by atoms with E-state index in [0.29, 0.717) is 5.69 Å². The molecule has 3 aliphatic heterocycles. The van der Waals surface area contributed by atoms with Crippen molar-refractivity contribution in [2.75, 3.05) is 11.5 Å². The number of anilines is 1. The number of fused-ring (bicyclic) bond motifs is 5. The van der Waals surface area contributed by atoms with Crippen molar-refractivity contribution in [3.8, 4) is 0 Å². The second kappa shape index (κ2) is 5.50. The number of carboxylic acid groups (broad SMARTS) is 1. The van der Waals surface area contributed by atoms with E-state index in [1.54, 1.807) is 12.2 Å². The van der Waals surface area contributed by atoms with Crippen LogP contribution in [0.3, 0.4) is 0 Å². The van der Waals surface area contributed by atoms with Gasteiger partial charge in [-0.25, -0.2) is 9.69 Å². The monoisotopic (exact) mass is 357 g/mol. The highest BCUT2D eigenvalue weighted by Gasteiger charge is 2.68. The first-order valence-electron chi connectivity index (χ1n) is 8.06. The van der Waals surface area contributed by atoms with Gasteiger partial charge in [0, 0.05) is 6.92 Å². The fourth-order valence-electron chi connectivity index (χ4n) is 3.89. The van der Waals surface area contributed by atoms with Gasteiger partial charge in [-0.2, -0.15) is 0 Å². The minimum absolute atomic E-state index is 0.0597. The van der Waals surface area contributed by atoms with Crippen LogP contribution in [-0.2, 0) is 23.9 Å². The van der Waals surface area contributed by atoms with Gasteiger partial charge in [-0.05, 0) is 30.3 Å². The molecule has 0 radical (unpaired) electrons. The summed E-state index contributed by atoms with van der Waals surface area (Å²) >= 11 is 0. The number of ether oxygens (including phenoxy) is 2. The van der Waals surface area contributed by atoms with Gasteiger partial charge >= 0.3 is 11.9 Å². The van der Waals surface area contributed by atoms with Gasteiger partial charge in [0.25, 0.3) is 0 Å². The molecular weight excluding hydrogens is 342 g/mol. The first-order chi connectivity index (χ1) is 12.3. The Morgan fingerprint density at radius 1 is 1.23 bits per heavy atom. The third-order valence-electron chi connectivity index (χ3n) is 5.03.